The lowest BCUT2D eigenvalue weighted by Crippen LogP contribution is -2.27. The van der Waals surface area contributed by atoms with Crippen molar-refractivity contribution in [3.05, 3.63) is 59.9 Å². The molecule has 0 radical (unpaired) electrons. The average molecular weight is 439 g/mol. The van der Waals surface area contributed by atoms with Crippen molar-refractivity contribution < 1.29 is 22.3 Å². The normalized spacial score (nSPS) is 15.1. The van der Waals surface area contributed by atoms with Crippen LogP contribution in [0.15, 0.2) is 53.4 Å². The van der Waals surface area contributed by atoms with Crippen LogP contribution in [0.2, 0.25) is 0 Å². The number of hydrogen-bond acceptors (Lipinski definition) is 5. The quantitative estimate of drug-likeness (QED) is 0.618. The largest absolute Gasteiger partial charge is 0.381 e. The molecule has 1 aliphatic heterocycles. The Kier molecular flexibility index (Phi) is 7.51. The molecule has 0 aliphatic carbocycles. The Morgan fingerprint density at radius 3 is 2.48 bits per heavy atom. The standard InChI is InChI=1S/C20H23FN2O4S2/c21-18-3-1-2-4-19(18)29(25,26)23-16-7-5-15(6-8-16)20(24)22-11-14-28-17-9-12-27-13-10-17/h1-8,17,23H,9-14H2,(H,22,24). The molecule has 9 heteroatoms. The molecule has 1 heterocycles. The number of halogens is 1. The Labute approximate surface area is 174 Å². The topological polar surface area (TPSA) is 84.5 Å². The van der Waals surface area contributed by atoms with Gasteiger partial charge >= 0.3 is 0 Å². The van der Waals surface area contributed by atoms with Crippen molar-refractivity contribution in [3.63, 3.8) is 0 Å². The zero-order chi connectivity index (χ0) is 20.7. The summed E-state index contributed by atoms with van der Waals surface area (Å²) in [5.41, 5.74) is 0.676. The smallest absolute Gasteiger partial charge is 0.264 e. The number of hydrogen-bond donors (Lipinski definition) is 2. The minimum Gasteiger partial charge on any atom is -0.381 e. The lowest BCUT2D eigenvalue weighted by atomic mass is 10.2. The Hall–Kier alpha value is -2.10. The van der Waals surface area contributed by atoms with E-state index in [0.29, 0.717) is 17.4 Å². The first-order valence-corrected chi connectivity index (χ1v) is 11.8. The molecule has 0 saturated carbocycles. The molecule has 0 atom stereocenters. The maximum Gasteiger partial charge on any atom is 0.264 e. The highest BCUT2D eigenvalue weighted by Crippen LogP contribution is 2.21. The third-order valence-electron chi connectivity index (χ3n) is 4.43. The Balaban J connectivity index is 1.50. The summed E-state index contributed by atoms with van der Waals surface area (Å²) < 4.78 is 46.0. The molecule has 2 N–H and O–H groups in total. The summed E-state index contributed by atoms with van der Waals surface area (Å²) in [7, 11) is -4.04. The van der Waals surface area contributed by atoms with Crippen LogP contribution in [-0.4, -0.2) is 45.1 Å². The summed E-state index contributed by atoms with van der Waals surface area (Å²) in [6.07, 6.45) is 2.09. The van der Waals surface area contributed by atoms with E-state index in [1.807, 2.05) is 11.8 Å². The lowest BCUT2D eigenvalue weighted by Gasteiger charge is -2.21. The lowest BCUT2D eigenvalue weighted by molar-refractivity contribution is 0.0955. The molecule has 3 rings (SSSR count). The fourth-order valence-electron chi connectivity index (χ4n) is 2.90. The van der Waals surface area contributed by atoms with Crippen molar-refractivity contribution >= 4 is 33.4 Å². The van der Waals surface area contributed by atoms with Gasteiger partial charge in [-0.1, -0.05) is 12.1 Å². The number of thioether (sulfide) groups is 1. The van der Waals surface area contributed by atoms with E-state index < -0.39 is 20.7 Å². The summed E-state index contributed by atoms with van der Waals surface area (Å²) >= 11 is 1.84. The van der Waals surface area contributed by atoms with Crippen LogP contribution < -0.4 is 10.0 Å². The SMILES string of the molecule is O=C(NCCSC1CCOCC1)c1ccc(NS(=O)(=O)c2ccccc2F)cc1. The van der Waals surface area contributed by atoms with E-state index in [9.17, 15) is 17.6 Å². The van der Waals surface area contributed by atoms with Gasteiger partial charge in [0.2, 0.25) is 0 Å². The van der Waals surface area contributed by atoms with Gasteiger partial charge in [-0.05, 0) is 49.2 Å². The van der Waals surface area contributed by atoms with Gasteiger partial charge in [0.25, 0.3) is 15.9 Å². The molecule has 0 unspecified atom stereocenters. The molecular formula is C20H23FN2O4S2. The van der Waals surface area contributed by atoms with E-state index in [2.05, 4.69) is 10.0 Å². The van der Waals surface area contributed by atoms with Crippen molar-refractivity contribution in [1.29, 1.82) is 0 Å². The fraction of sp³-hybridized carbons (Fsp3) is 0.350. The zero-order valence-corrected chi connectivity index (χ0v) is 17.4. The van der Waals surface area contributed by atoms with Gasteiger partial charge in [-0.2, -0.15) is 11.8 Å². The maximum atomic E-state index is 13.7. The summed E-state index contributed by atoms with van der Waals surface area (Å²) in [6.45, 7) is 2.16. The maximum absolute atomic E-state index is 13.7. The van der Waals surface area contributed by atoms with E-state index in [4.69, 9.17) is 4.74 Å². The molecule has 156 valence electrons. The van der Waals surface area contributed by atoms with Crippen LogP contribution in [0.5, 0.6) is 0 Å². The molecule has 1 amide bonds. The number of carbonyl (C=O) groups excluding carboxylic acids is 1. The number of ether oxygens (including phenoxy) is 1. The van der Waals surface area contributed by atoms with E-state index >= 15 is 0 Å². The van der Waals surface area contributed by atoms with Crippen LogP contribution in [0.4, 0.5) is 10.1 Å². The van der Waals surface area contributed by atoms with Crippen LogP contribution in [0, 0.1) is 5.82 Å². The van der Waals surface area contributed by atoms with Gasteiger partial charge in [-0.15, -0.1) is 0 Å². The summed E-state index contributed by atoms with van der Waals surface area (Å²) in [6, 6.07) is 11.2. The molecule has 1 saturated heterocycles. The van der Waals surface area contributed by atoms with E-state index in [1.165, 1.54) is 42.5 Å². The molecule has 29 heavy (non-hydrogen) atoms. The zero-order valence-electron chi connectivity index (χ0n) is 15.8. The van der Waals surface area contributed by atoms with Crippen molar-refractivity contribution in [2.24, 2.45) is 0 Å². The predicted molar refractivity (Wildman–Crippen MR) is 112 cm³/mol. The minimum atomic E-state index is -4.04. The molecular weight excluding hydrogens is 415 g/mol. The molecule has 6 nitrogen and oxygen atoms in total. The molecule has 0 aromatic heterocycles. The molecule has 1 aliphatic rings. The fourth-order valence-corrected chi connectivity index (χ4v) is 5.12. The number of carbonyl (C=O) groups is 1. The Bertz CT molecular complexity index is 930. The van der Waals surface area contributed by atoms with Crippen LogP contribution in [0.1, 0.15) is 23.2 Å². The monoisotopic (exact) mass is 438 g/mol. The van der Waals surface area contributed by atoms with E-state index in [-0.39, 0.29) is 11.6 Å². The van der Waals surface area contributed by atoms with Crippen molar-refractivity contribution in [2.45, 2.75) is 23.0 Å². The van der Waals surface area contributed by atoms with Gasteiger partial charge in [-0.3, -0.25) is 9.52 Å². The summed E-state index contributed by atoms with van der Waals surface area (Å²) in [4.78, 5) is 11.8. The molecule has 1 fully saturated rings. The Morgan fingerprint density at radius 1 is 1.10 bits per heavy atom. The molecule has 2 aromatic carbocycles. The number of sulfonamides is 1. The third-order valence-corrected chi connectivity index (χ3v) is 7.23. The molecule has 0 bridgehead atoms. The van der Waals surface area contributed by atoms with E-state index in [0.717, 1.165) is 37.9 Å². The van der Waals surface area contributed by atoms with Crippen LogP contribution >= 0.6 is 11.8 Å². The second kappa shape index (κ2) is 10.1. The number of rotatable bonds is 8. The number of nitrogens with one attached hydrogen (secondary N) is 2. The molecule has 2 aromatic rings. The number of anilines is 1. The average Bonchev–Trinajstić information content (AvgIpc) is 2.72. The highest BCUT2D eigenvalue weighted by molar-refractivity contribution is 7.99. The number of amides is 1. The predicted octanol–water partition coefficient (Wildman–Crippen LogP) is 3.27. The first-order chi connectivity index (χ1) is 14.0. The Morgan fingerprint density at radius 2 is 1.79 bits per heavy atom. The highest BCUT2D eigenvalue weighted by Gasteiger charge is 2.19. The second-order valence-corrected chi connectivity index (χ2v) is 9.61. The first kappa shape index (κ1) is 21.6. The number of benzene rings is 2. The first-order valence-electron chi connectivity index (χ1n) is 9.31. The van der Waals surface area contributed by atoms with Crippen LogP contribution in [-0.2, 0) is 14.8 Å². The van der Waals surface area contributed by atoms with Crippen LogP contribution in [0.25, 0.3) is 0 Å². The minimum absolute atomic E-state index is 0.221. The van der Waals surface area contributed by atoms with Gasteiger partial charge < -0.3 is 10.1 Å². The van der Waals surface area contributed by atoms with Gasteiger partial charge in [0.1, 0.15) is 10.7 Å². The van der Waals surface area contributed by atoms with Crippen molar-refractivity contribution in [3.8, 4) is 0 Å². The van der Waals surface area contributed by atoms with Gasteiger partial charge in [0.05, 0.1) is 0 Å². The third kappa shape index (κ3) is 6.19. The highest BCUT2D eigenvalue weighted by atomic mass is 32.2. The van der Waals surface area contributed by atoms with Gasteiger partial charge in [0.15, 0.2) is 0 Å². The van der Waals surface area contributed by atoms with Crippen molar-refractivity contribution in [1.82, 2.24) is 5.32 Å². The van der Waals surface area contributed by atoms with E-state index in [1.54, 1.807) is 0 Å². The van der Waals surface area contributed by atoms with Gasteiger partial charge in [0, 0.05) is 42.0 Å². The van der Waals surface area contributed by atoms with Gasteiger partial charge in [-0.25, -0.2) is 12.8 Å². The molecule has 0 spiro atoms. The second-order valence-electron chi connectivity index (χ2n) is 6.55. The summed E-state index contributed by atoms with van der Waals surface area (Å²) in [5, 5.41) is 3.45. The van der Waals surface area contributed by atoms with Crippen molar-refractivity contribution in [2.75, 3.05) is 30.2 Å². The van der Waals surface area contributed by atoms with Crippen LogP contribution in [0.3, 0.4) is 0 Å². The summed E-state index contributed by atoms with van der Waals surface area (Å²) in [5.74, 6) is -0.215.